The largest absolute Gasteiger partial charge is 0.384 e. The second-order valence-corrected chi connectivity index (χ2v) is 4.17. The van der Waals surface area contributed by atoms with Gasteiger partial charge >= 0.3 is 0 Å². The van der Waals surface area contributed by atoms with Gasteiger partial charge in [0.15, 0.2) is 0 Å². The first-order valence-electron chi connectivity index (χ1n) is 6.00. The Kier molecular flexibility index (Phi) is 4.34. The summed E-state index contributed by atoms with van der Waals surface area (Å²) in [6.45, 7) is 0.784. The van der Waals surface area contributed by atoms with E-state index in [1.54, 1.807) is 7.11 Å². The fourth-order valence-corrected chi connectivity index (χ4v) is 2.00. The normalized spacial score (nSPS) is 10.4. The minimum atomic E-state index is 0.784. The van der Waals surface area contributed by atoms with Crippen molar-refractivity contribution >= 4 is 0 Å². The number of methoxy groups -OCH3 is 1. The zero-order valence-corrected chi connectivity index (χ0v) is 10.2. The summed E-state index contributed by atoms with van der Waals surface area (Å²) < 4.78 is 5.15. The third kappa shape index (κ3) is 3.43. The maximum Gasteiger partial charge on any atom is 0.0502 e. The van der Waals surface area contributed by atoms with Gasteiger partial charge in [0.2, 0.25) is 0 Å². The first-order valence-corrected chi connectivity index (χ1v) is 6.00. The van der Waals surface area contributed by atoms with Crippen LogP contribution in [-0.4, -0.2) is 13.7 Å². The highest BCUT2D eigenvalue weighted by molar-refractivity contribution is 5.32. The molecule has 2 aromatic rings. The highest BCUT2D eigenvalue weighted by Gasteiger charge is 2.02. The molecule has 0 aromatic heterocycles. The van der Waals surface area contributed by atoms with Gasteiger partial charge in [0.1, 0.15) is 0 Å². The monoisotopic (exact) mass is 226 g/mol. The maximum atomic E-state index is 5.15. The van der Waals surface area contributed by atoms with Crippen LogP contribution in [0, 0.1) is 0 Å². The van der Waals surface area contributed by atoms with Gasteiger partial charge in [0, 0.05) is 7.11 Å². The summed E-state index contributed by atoms with van der Waals surface area (Å²) in [7, 11) is 1.75. The van der Waals surface area contributed by atoms with Crippen molar-refractivity contribution in [1.29, 1.82) is 0 Å². The quantitative estimate of drug-likeness (QED) is 0.758. The lowest BCUT2D eigenvalue weighted by Crippen LogP contribution is -2.00. The van der Waals surface area contributed by atoms with Gasteiger partial charge in [-0.25, -0.2) is 0 Å². The first kappa shape index (κ1) is 11.9. The van der Waals surface area contributed by atoms with E-state index in [2.05, 4.69) is 54.6 Å². The molecule has 88 valence electrons. The Morgan fingerprint density at radius 1 is 0.824 bits per heavy atom. The zero-order chi connectivity index (χ0) is 11.9. The van der Waals surface area contributed by atoms with Gasteiger partial charge in [-0.3, -0.25) is 0 Å². The average molecular weight is 226 g/mol. The van der Waals surface area contributed by atoms with Gasteiger partial charge in [0.25, 0.3) is 0 Å². The van der Waals surface area contributed by atoms with E-state index < -0.39 is 0 Å². The second-order valence-electron chi connectivity index (χ2n) is 4.17. The second kappa shape index (κ2) is 6.21. The molecule has 17 heavy (non-hydrogen) atoms. The van der Waals surface area contributed by atoms with E-state index in [-0.39, 0.29) is 0 Å². The molecule has 0 saturated carbocycles. The Balaban J connectivity index is 2.15. The molecule has 0 heterocycles. The molecule has 0 aliphatic rings. The van der Waals surface area contributed by atoms with E-state index in [9.17, 15) is 0 Å². The van der Waals surface area contributed by atoms with Crippen molar-refractivity contribution in [3.8, 4) is 0 Å². The predicted octanol–water partition coefficient (Wildman–Crippen LogP) is 3.47. The highest BCUT2D eigenvalue weighted by Crippen LogP contribution is 2.14. The maximum absolute atomic E-state index is 5.15. The SMILES string of the molecule is COCCc1ccccc1Cc1ccccc1. The smallest absolute Gasteiger partial charge is 0.0502 e. The van der Waals surface area contributed by atoms with E-state index >= 15 is 0 Å². The van der Waals surface area contributed by atoms with Gasteiger partial charge in [-0.2, -0.15) is 0 Å². The highest BCUT2D eigenvalue weighted by atomic mass is 16.5. The van der Waals surface area contributed by atoms with Crippen LogP contribution in [0.3, 0.4) is 0 Å². The van der Waals surface area contributed by atoms with Gasteiger partial charge in [-0.05, 0) is 29.5 Å². The fraction of sp³-hybridized carbons (Fsp3) is 0.250. The number of benzene rings is 2. The topological polar surface area (TPSA) is 9.23 Å². The van der Waals surface area contributed by atoms with Crippen LogP contribution in [-0.2, 0) is 17.6 Å². The Morgan fingerprint density at radius 3 is 2.18 bits per heavy atom. The Labute approximate surface area is 103 Å². The third-order valence-electron chi connectivity index (χ3n) is 2.93. The molecule has 0 saturated heterocycles. The minimum Gasteiger partial charge on any atom is -0.384 e. The number of hydrogen-bond acceptors (Lipinski definition) is 1. The van der Waals surface area contributed by atoms with Crippen LogP contribution in [0.5, 0.6) is 0 Å². The third-order valence-corrected chi connectivity index (χ3v) is 2.93. The molecular formula is C16H18O. The predicted molar refractivity (Wildman–Crippen MR) is 71.3 cm³/mol. The molecule has 0 unspecified atom stereocenters. The van der Waals surface area contributed by atoms with Crippen LogP contribution >= 0.6 is 0 Å². The lowest BCUT2D eigenvalue weighted by Gasteiger charge is -2.09. The Bertz CT molecular complexity index is 448. The number of hydrogen-bond donors (Lipinski definition) is 0. The summed E-state index contributed by atoms with van der Waals surface area (Å²) in [4.78, 5) is 0. The van der Waals surface area contributed by atoms with E-state index in [0.717, 1.165) is 19.4 Å². The van der Waals surface area contributed by atoms with Crippen LogP contribution in [0.25, 0.3) is 0 Å². The minimum absolute atomic E-state index is 0.784. The first-order chi connectivity index (χ1) is 8.40. The van der Waals surface area contributed by atoms with Gasteiger partial charge in [-0.1, -0.05) is 54.6 Å². The van der Waals surface area contributed by atoms with Crippen LogP contribution < -0.4 is 0 Å². The van der Waals surface area contributed by atoms with E-state index in [0.29, 0.717) is 0 Å². The molecule has 1 heteroatoms. The fourth-order valence-electron chi connectivity index (χ4n) is 2.00. The van der Waals surface area contributed by atoms with Crippen LogP contribution in [0.15, 0.2) is 54.6 Å². The van der Waals surface area contributed by atoms with Crippen molar-refractivity contribution < 1.29 is 4.74 Å². The molecule has 0 amide bonds. The van der Waals surface area contributed by atoms with Crippen molar-refractivity contribution in [2.24, 2.45) is 0 Å². The van der Waals surface area contributed by atoms with Crippen molar-refractivity contribution in [1.82, 2.24) is 0 Å². The molecule has 0 bridgehead atoms. The molecule has 0 atom stereocenters. The van der Waals surface area contributed by atoms with Crippen molar-refractivity contribution in [3.05, 3.63) is 71.3 Å². The lowest BCUT2D eigenvalue weighted by molar-refractivity contribution is 0.202. The summed E-state index contributed by atoms with van der Waals surface area (Å²) in [5, 5.41) is 0. The van der Waals surface area contributed by atoms with Crippen molar-refractivity contribution in [3.63, 3.8) is 0 Å². The Hall–Kier alpha value is -1.60. The molecule has 0 spiro atoms. The molecule has 2 aromatic carbocycles. The van der Waals surface area contributed by atoms with E-state index in [4.69, 9.17) is 4.74 Å². The summed E-state index contributed by atoms with van der Waals surface area (Å²) in [5.41, 5.74) is 4.14. The van der Waals surface area contributed by atoms with Crippen LogP contribution in [0.4, 0.5) is 0 Å². The van der Waals surface area contributed by atoms with Gasteiger partial charge < -0.3 is 4.74 Å². The summed E-state index contributed by atoms with van der Waals surface area (Å²) in [6.07, 6.45) is 1.99. The molecule has 0 N–H and O–H groups in total. The van der Waals surface area contributed by atoms with Crippen LogP contribution in [0.2, 0.25) is 0 Å². The molecular weight excluding hydrogens is 208 g/mol. The molecule has 1 nitrogen and oxygen atoms in total. The number of rotatable bonds is 5. The summed E-state index contributed by atoms with van der Waals surface area (Å²) in [5.74, 6) is 0. The molecule has 0 fully saturated rings. The van der Waals surface area contributed by atoms with Gasteiger partial charge in [-0.15, -0.1) is 0 Å². The molecule has 0 aliphatic carbocycles. The van der Waals surface area contributed by atoms with E-state index in [1.165, 1.54) is 16.7 Å². The van der Waals surface area contributed by atoms with E-state index in [1.807, 2.05) is 0 Å². The Morgan fingerprint density at radius 2 is 1.47 bits per heavy atom. The number of ether oxygens (including phenoxy) is 1. The zero-order valence-electron chi connectivity index (χ0n) is 10.2. The summed E-state index contributed by atoms with van der Waals surface area (Å²) in [6, 6.07) is 19.2. The standard InChI is InChI=1S/C16H18O/c1-17-12-11-15-9-5-6-10-16(15)13-14-7-3-2-4-8-14/h2-10H,11-13H2,1H3. The molecule has 2 rings (SSSR count). The molecule has 0 radical (unpaired) electrons. The van der Waals surface area contributed by atoms with Gasteiger partial charge in [0.05, 0.1) is 6.61 Å². The van der Waals surface area contributed by atoms with Crippen LogP contribution in [0.1, 0.15) is 16.7 Å². The van der Waals surface area contributed by atoms with Crippen molar-refractivity contribution in [2.75, 3.05) is 13.7 Å². The molecule has 0 aliphatic heterocycles. The summed E-state index contributed by atoms with van der Waals surface area (Å²) >= 11 is 0. The lowest BCUT2D eigenvalue weighted by atomic mass is 9.98. The average Bonchev–Trinajstić information content (AvgIpc) is 2.39. The van der Waals surface area contributed by atoms with Crippen molar-refractivity contribution in [2.45, 2.75) is 12.8 Å².